The molecule has 54 heavy (non-hydrogen) atoms. The Hall–Kier alpha value is -5.06. The quantitative estimate of drug-likeness (QED) is 0.129. The van der Waals surface area contributed by atoms with Crippen molar-refractivity contribution in [1.82, 2.24) is 24.6 Å². The van der Waals surface area contributed by atoms with E-state index in [4.69, 9.17) is 15.5 Å². The zero-order valence-corrected chi connectivity index (χ0v) is 31.9. The van der Waals surface area contributed by atoms with Gasteiger partial charge in [0.2, 0.25) is 5.91 Å². The number of anilines is 1. The monoisotopic (exact) mass is 727 g/mol. The summed E-state index contributed by atoms with van der Waals surface area (Å²) < 4.78 is 7.63. The Balaban J connectivity index is 1.27. The average molecular weight is 728 g/mol. The number of piperidine rings is 1. The third kappa shape index (κ3) is 8.50. The molecular weight excluding hydrogens is 675 g/mol. The normalized spacial score (nSPS) is 15.4. The van der Waals surface area contributed by atoms with Gasteiger partial charge in [-0.2, -0.15) is 5.10 Å². The van der Waals surface area contributed by atoms with E-state index in [1.54, 1.807) is 12.1 Å². The van der Waals surface area contributed by atoms with E-state index in [1.165, 1.54) is 24.8 Å². The van der Waals surface area contributed by atoms with E-state index in [0.29, 0.717) is 50.4 Å². The number of nitrogens with two attached hydrogens (primary N) is 1. The van der Waals surface area contributed by atoms with Crippen LogP contribution in [0.5, 0.6) is 0 Å². The fourth-order valence-electron chi connectivity index (χ4n) is 8.00. The highest BCUT2D eigenvalue weighted by molar-refractivity contribution is 6.00. The van der Waals surface area contributed by atoms with Crippen LogP contribution in [-0.2, 0) is 37.3 Å². The molecule has 2 aromatic heterocycles. The van der Waals surface area contributed by atoms with Crippen molar-refractivity contribution in [3.63, 3.8) is 0 Å². The number of carbonyl (C=O) groups excluding carboxylic acids is 2. The Morgan fingerprint density at radius 2 is 1.61 bits per heavy atom. The summed E-state index contributed by atoms with van der Waals surface area (Å²) in [6.45, 7) is 12.1. The van der Waals surface area contributed by atoms with Gasteiger partial charge in [-0.1, -0.05) is 49.7 Å². The molecule has 2 fully saturated rings. The van der Waals surface area contributed by atoms with Gasteiger partial charge in [0.25, 0.3) is 5.91 Å². The number of hydrogen-bond acceptors (Lipinski definition) is 7. The van der Waals surface area contributed by atoms with Gasteiger partial charge in [-0.05, 0) is 117 Å². The van der Waals surface area contributed by atoms with E-state index in [1.807, 2.05) is 28.8 Å². The smallest absolute Gasteiger partial charge is 0.254 e. The van der Waals surface area contributed by atoms with Gasteiger partial charge in [0.05, 0.1) is 23.8 Å². The maximum absolute atomic E-state index is 14.8. The molecule has 2 amide bonds. The van der Waals surface area contributed by atoms with Gasteiger partial charge in [-0.15, -0.1) is 0 Å². The van der Waals surface area contributed by atoms with E-state index < -0.39 is 5.91 Å². The molecule has 282 valence electrons. The third-order valence-corrected chi connectivity index (χ3v) is 10.8. The lowest BCUT2D eigenvalue weighted by Gasteiger charge is -2.29. The fraction of sp³-hybridized carbons (Fsp3) is 0.409. The molecule has 10 nitrogen and oxygen atoms in total. The number of aryl methyl sites for hydroxylation is 3. The zero-order chi connectivity index (χ0) is 37.6. The van der Waals surface area contributed by atoms with Crippen molar-refractivity contribution in [2.45, 2.75) is 91.5 Å². The molecule has 5 aromatic rings. The predicted molar refractivity (Wildman–Crippen MR) is 214 cm³/mol. The van der Waals surface area contributed by atoms with E-state index in [9.17, 15) is 9.59 Å². The van der Waals surface area contributed by atoms with Crippen LogP contribution >= 0.6 is 0 Å². The molecule has 0 bridgehead atoms. The van der Waals surface area contributed by atoms with Crippen molar-refractivity contribution in [3.05, 3.63) is 112 Å². The zero-order valence-electron chi connectivity index (χ0n) is 31.9. The van der Waals surface area contributed by atoms with Crippen LogP contribution in [0.2, 0.25) is 0 Å². The van der Waals surface area contributed by atoms with Crippen molar-refractivity contribution in [2.75, 3.05) is 31.6 Å². The molecule has 0 spiro atoms. The maximum atomic E-state index is 14.8. The fourth-order valence-corrected chi connectivity index (χ4v) is 8.00. The minimum atomic E-state index is -0.562. The Labute approximate surface area is 318 Å². The first-order valence-corrected chi connectivity index (χ1v) is 19.6. The molecular formula is C44H53N7O3. The first-order valence-electron chi connectivity index (χ1n) is 19.6. The number of nitrogens with zero attached hydrogens (tertiary/aromatic N) is 5. The number of fused-ring (bicyclic) bond motifs is 1. The largest absolute Gasteiger partial charge is 0.381 e. The van der Waals surface area contributed by atoms with Crippen LogP contribution in [-0.4, -0.2) is 68.7 Å². The van der Waals surface area contributed by atoms with Gasteiger partial charge in [-0.3, -0.25) is 14.5 Å². The highest BCUT2D eigenvalue weighted by Crippen LogP contribution is 2.33. The Morgan fingerprint density at radius 1 is 0.907 bits per heavy atom. The Bertz CT molecular complexity index is 2110. The molecule has 0 saturated carbocycles. The number of hydrogen-bond donors (Lipinski definition) is 2. The summed E-state index contributed by atoms with van der Waals surface area (Å²) in [4.78, 5) is 36.7. The second-order valence-electron chi connectivity index (χ2n) is 14.8. The molecule has 0 unspecified atom stereocenters. The highest BCUT2D eigenvalue weighted by atomic mass is 16.5. The molecule has 3 aromatic carbocycles. The summed E-state index contributed by atoms with van der Waals surface area (Å²) in [6.07, 6.45) is 8.21. The SMILES string of the molecule is CCc1nc2c(cnn2CC)c(NC2CCOCC2)c1CN(Cc1cccc(-c2cccc(CN3CCCCC3)c2)c1)C(=O)c1cc(C)cc(C(N)=O)c1. The van der Waals surface area contributed by atoms with Gasteiger partial charge in [0, 0.05) is 61.3 Å². The first-order chi connectivity index (χ1) is 26.3. The molecule has 2 saturated heterocycles. The van der Waals surface area contributed by atoms with E-state index in [-0.39, 0.29) is 11.9 Å². The predicted octanol–water partition coefficient (Wildman–Crippen LogP) is 7.51. The molecule has 0 atom stereocenters. The van der Waals surface area contributed by atoms with Gasteiger partial charge in [-0.25, -0.2) is 9.67 Å². The number of aromatic nitrogens is 3. The average Bonchev–Trinajstić information content (AvgIpc) is 3.61. The van der Waals surface area contributed by atoms with E-state index >= 15 is 0 Å². The summed E-state index contributed by atoms with van der Waals surface area (Å²) >= 11 is 0. The number of carbonyl (C=O) groups is 2. The van der Waals surface area contributed by atoms with Crippen molar-refractivity contribution in [3.8, 4) is 11.1 Å². The number of benzene rings is 3. The van der Waals surface area contributed by atoms with Gasteiger partial charge < -0.3 is 20.7 Å². The van der Waals surface area contributed by atoms with Crippen LogP contribution in [0.4, 0.5) is 5.69 Å². The van der Waals surface area contributed by atoms with E-state index in [2.05, 4.69) is 77.7 Å². The molecule has 7 rings (SSSR count). The lowest BCUT2D eigenvalue weighted by atomic mass is 9.99. The first kappa shape index (κ1) is 37.3. The Kier molecular flexibility index (Phi) is 11.7. The number of ether oxygens (including phenoxy) is 1. The Morgan fingerprint density at radius 3 is 2.31 bits per heavy atom. The van der Waals surface area contributed by atoms with Crippen LogP contribution in [0.1, 0.15) is 94.6 Å². The van der Waals surface area contributed by atoms with Gasteiger partial charge in [0.15, 0.2) is 5.65 Å². The molecule has 3 N–H and O–H groups in total. The van der Waals surface area contributed by atoms with Crippen LogP contribution < -0.4 is 11.1 Å². The third-order valence-electron chi connectivity index (χ3n) is 10.8. The summed E-state index contributed by atoms with van der Waals surface area (Å²) in [6, 6.07) is 22.7. The standard InChI is InChI=1S/C44H53N7O3/c1-4-40-39(41(47-37-15-19-54-20-16-37)38-26-46-51(5-2)43(38)48-40)29-50(44(53)36-22-30(3)21-35(25-36)42(45)52)28-32-12-10-14-34(24-32)33-13-9-11-31(23-33)27-49-17-7-6-8-18-49/h9-14,21-26,37H,4-8,15-20,27-29H2,1-3H3,(H2,45,52)(H,47,48). The van der Waals surface area contributed by atoms with Gasteiger partial charge >= 0.3 is 0 Å². The maximum Gasteiger partial charge on any atom is 0.254 e. The van der Waals surface area contributed by atoms with Crippen LogP contribution in [0.15, 0.2) is 72.9 Å². The second kappa shape index (κ2) is 17.0. The topological polar surface area (TPSA) is 119 Å². The number of rotatable bonds is 13. The molecule has 10 heteroatoms. The number of pyridine rings is 1. The van der Waals surface area contributed by atoms with Crippen molar-refractivity contribution in [2.24, 2.45) is 5.73 Å². The lowest BCUT2D eigenvalue weighted by Crippen LogP contribution is -2.33. The van der Waals surface area contributed by atoms with E-state index in [0.717, 1.165) is 82.7 Å². The summed E-state index contributed by atoms with van der Waals surface area (Å²) in [7, 11) is 0. The number of amides is 2. The van der Waals surface area contributed by atoms with Gasteiger partial charge in [0.1, 0.15) is 0 Å². The molecule has 4 heterocycles. The highest BCUT2D eigenvalue weighted by Gasteiger charge is 2.26. The van der Waals surface area contributed by atoms with Crippen molar-refractivity contribution < 1.29 is 14.3 Å². The van der Waals surface area contributed by atoms with Crippen molar-refractivity contribution in [1.29, 1.82) is 0 Å². The number of likely N-dealkylation sites (tertiary alicyclic amines) is 1. The minimum Gasteiger partial charge on any atom is -0.381 e. The summed E-state index contributed by atoms with van der Waals surface area (Å²) in [5, 5.41) is 9.51. The second-order valence-corrected chi connectivity index (χ2v) is 14.8. The molecule has 0 radical (unpaired) electrons. The lowest BCUT2D eigenvalue weighted by molar-refractivity contribution is 0.0729. The molecule has 0 aliphatic carbocycles. The molecule has 2 aliphatic heterocycles. The number of primary amides is 1. The molecule has 2 aliphatic rings. The van der Waals surface area contributed by atoms with Crippen LogP contribution in [0, 0.1) is 6.92 Å². The minimum absolute atomic E-state index is 0.182. The van der Waals surface area contributed by atoms with Crippen LogP contribution in [0.25, 0.3) is 22.2 Å². The summed E-state index contributed by atoms with van der Waals surface area (Å²) in [5.41, 5.74) is 15.6. The summed E-state index contributed by atoms with van der Waals surface area (Å²) in [5.74, 6) is -0.744. The van der Waals surface area contributed by atoms with Crippen LogP contribution in [0.3, 0.4) is 0 Å². The van der Waals surface area contributed by atoms with Crippen molar-refractivity contribution >= 4 is 28.5 Å². The number of nitrogens with one attached hydrogen (secondary N) is 1.